The first-order chi connectivity index (χ1) is 9.13. The molecule has 1 aliphatic carbocycles. The number of allylic oxidation sites excluding steroid dienone is 2. The lowest BCUT2D eigenvalue weighted by Gasteiger charge is -2.22. The van der Waals surface area contributed by atoms with Crippen molar-refractivity contribution in [3.05, 3.63) is 23.2 Å². The fourth-order valence-electron chi connectivity index (χ4n) is 3.13. The van der Waals surface area contributed by atoms with Gasteiger partial charge in [-0.1, -0.05) is 0 Å². The molecule has 0 aromatic heterocycles. The first-order valence-electron chi connectivity index (χ1n) is 6.22. The highest BCUT2D eigenvalue weighted by Crippen LogP contribution is 2.46. The summed E-state index contributed by atoms with van der Waals surface area (Å²) in [5.41, 5.74) is 0.855. The summed E-state index contributed by atoms with van der Waals surface area (Å²) >= 11 is 0. The number of esters is 1. The molecule has 0 spiro atoms. The van der Waals surface area contributed by atoms with E-state index in [1.807, 2.05) is 0 Å². The summed E-state index contributed by atoms with van der Waals surface area (Å²) in [7, 11) is 1.23. The van der Waals surface area contributed by atoms with E-state index in [1.165, 1.54) is 13.2 Å². The molecule has 19 heavy (non-hydrogen) atoms. The second-order valence-electron chi connectivity index (χ2n) is 4.90. The van der Waals surface area contributed by atoms with Gasteiger partial charge in [-0.25, -0.2) is 4.39 Å². The quantitative estimate of drug-likeness (QED) is 0.590. The van der Waals surface area contributed by atoms with Gasteiger partial charge in [0, 0.05) is 30.9 Å². The molecule has 1 amide bonds. The zero-order valence-corrected chi connectivity index (χ0v) is 10.4. The van der Waals surface area contributed by atoms with Crippen LogP contribution in [0.3, 0.4) is 0 Å². The van der Waals surface area contributed by atoms with Gasteiger partial charge in [-0.3, -0.25) is 9.59 Å². The van der Waals surface area contributed by atoms with Crippen LogP contribution in [0.1, 0.15) is 6.42 Å². The standard InChI is InChI=1S/C13H14FNO4/c1-18-13(17)11-7(5-15-12(11)16)10-6-2-3-19-9(6)4-8(10)14/h4,7,10-11H,2-3,5H2,1H3,(H,15,16)/t7?,10?,11-/m0/s1. The molecule has 6 heteroatoms. The van der Waals surface area contributed by atoms with Crippen molar-refractivity contribution in [1.29, 1.82) is 0 Å². The zero-order valence-electron chi connectivity index (χ0n) is 10.4. The molecule has 0 saturated carbocycles. The summed E-state index contributed by atoms with van der Waals surface area (Å²) in [5.74, 6) is -2.70. The third kappa shape index (κ3) is 1.74. The third-order valence-corrected chi connectivity index (χ3v) is 3.99. The maximum Gasteiger partial charge on any atom is 0.318 e. The molecule has 3 aliphatic rings. The number of carbonyl (C=O) groups is 2. The van der Waals surface area contributed by atoms with Crippen molar-refractivity contribution < 1.29 is 23.5 Å². The molecule has 2 unspecified atom stereocenters. The largest absolute Gasteiger partial charge is 0.493 e. The van der Waals surface area contributed by atoms with Crippen LogP contribution >= 0.6 is 0 Å². The van der Waals surface area contributed by atoms with E-state index >= 15 is 0 Å². The van der Waals surface area contributed by atoms with Crippen LogP contribution in [-0.4, -0.2) is 32.1 Å². The van der Waals surface area contributed by atoms with Gasteiger partial charge in [0.25, 0.3) is 0 Å². The number of amides is 1. The predicted molar refractivity (Wildman–Crippen MR) is 62.3 cm³/mol. The fourth-order valence-corrected chi connectivity index (χ4v) is 3.13. The highest BCUT2D eigenvalue weighted by molar-refractivity contribution is 5.99. The number of carbonyl (C=O) groups excluding carboxylic acids is 2. The van der Waals surface area contributed by atoms with E-state index in [0.29, 0.717) is 18.8 Å². The minimum Gasteiger partial charge on any atom is -0.493 e. The topological polar surface area (TPSA) is 64.6 Å². The van der Waals surface area contributed by atoms with Crippen molar-refractivity contribution in [3.8, 4) is 0 Å². The summed E-state index contributed by atoms with van der Waals surface area (Å²) in [6.45, 7) is 0.809. The molecule has 2 heterocycles. The van der Waals surface area contributed by atoms with E-state index in [1.54, 1.807) is 0 Å². The number of halogens is 1. The molecule has 0 aromatic rings. The lowest BCUT2D eigenvalue weighted by Crippen LogP contribution is -2.32. The normalized spacial score (nSPS) is 32.8. The second-order valence-corrected chi connectivity index (χ2v) is 4.90. The molecule has 1 saturated heterocycles. The van der Waals surface area contributed by atoms with Gasteiger partial charge in [0.05, 0.1) is 13.7 Å². The highest BCUT2D eigenvalue weighted by atomic mass is 19.1. The Morgan fingerprint density at radius 2 is 2.37 bits per heavy atom. The van der Waals surface area contributed by atoms with Crippen molar-refractivity contribution in [2.75, 3.05) is 20.3 Å². The van der Waals surface area contributed by atoms with E-state index in [2.05, 4.69) is 10.1 Å². The average Bonchev–Trinajstić information content (AvgIpc) is 3.03. The van der Waals surface area contributed by atoms with Gasteiger partial charge in [-0.15, -0.1) is 0 Å². The van der Waals surface area contributed by atoms with E-state index < -0.39 is 29.6 Å². The van der Waals surface area contributed by atoms with Gasteiger partial charge in [0.1, 0.15) is 17.5 Å². The van der Waals surface area contributed by atoms with Gasteiger partial charge in [-0.2, -0.15) is 0 Å². The molecule has 0 aromatic carbocycles. The molecule has 3 rings (SSSR count). The van der Waals surface area contributed by atoms with Crippen LogP contribution < -0.4 is 5.32 Å². The first-order valence-corrected chi connectivity index (χ1v) is 6.22. The maximum absolute atomic E-state index is 14.1. The van der Waals surface area contributed by atoms with E-state index in [4.69, 9.17) is 4.74 Å². The molecule has 3 atom stereocenters. The SMILES string of the molecule is COC(=O)[C@@H]1C(=O)NCC1C1C(F)=CC2=C1CCO2. The summed E-state index contributed by atoms with van der Waals surface area (Å²) in [5, 5.41) is 2.62. The van der Waals surface area contributed by atoms with Gasteiger partial charge in [0.2, 0.25) is 5.91 Å². The van der Waals surface area contributed by atoms with Crippen molar-refractivity contribution in [2.45, 2.75) is 6.42 Å². The Hall–Kier alpha value is -1.85. The summed E-state index contributed by atoms with van der Waals surface area (Å²) in [6.07, 6.45) is 2.01. The molecule has 2 aliphatic heterocycles. The Kier molecular flexibility index (Phi) is 2.80. The Balaban J connectivity index is 1.91. The van der Waals surface area contributed by atoms with Crippen LogP contribution in [0.5, 0.6) is 0 Å². The zero-order chi connectivity index (χ0) is 13.6. The summed E-state index contributed by atoms with van der Waals surface area (Å²) < 4.78 is 24.1. The Morgan fingerprint density at radius 3 is 3.11 bits per heavy atom. The Morgan fingerprint density at radius 1 is 1.58 bits per heavy atom. The number of methoxy groups -OCH3 is 1. The molecule has 0 bridgehead atoms. The molecular formula is C13H14FNO4. The fraction of sp³-hybridized carbons (Fsp3) is 0.538. The molecule has 0 radical (unpaired) electrons. The second kappa shape index (κ2) is 4.36. The number of ether oxygens (including phenoxy) is 2. The van der Waals surface area contributed by atoms with Crippen molar-refractivity contribution >= 4 is 11.9 Å². The minimum atomic E-state index is -0.943. The Bertz CT molecular complexity index is 511. The van der Waals surface area contributed by atoms with Crippen LogP contribution in [-0.2, 0) is 19.1 Å². The summed E-state index contributed by atoms with van der Waals surface area (Å²) in [4.78, 5) is 23.5. The minimum absolute atomic E-state index is 0.279. The number of nitrogens with one attached hydrogen (secondary N) is 1. The lowest BCUT2D eigenvalue weighted by atomic mass is 9.79. The van der Waals surface area contributed by atoms with Crippen LogP contribution in [0, 0.1) is 17.8 Å². The van der Waals surface area contributed by atoms with Gasteiger partial charge < -0.3 is 14.8 Å². The van der Waals surface area contributed by atoms with Crippen LogP contribution in [0.15, 0.2) is 23.2 Å². The predicted octanol–water partition coefficient (Wildman–Crippen LogP) is 0.679. The van der Waals surface area contributed by atoms with Crippen LogP contribution in [0.25, 0.3) is 0 Å². The molecular weight excluding hydrogens is 253 g/mol. The van der Waals surface area contributed by atoms with Crippen LogP contribution in [0.4, 0.5) is 4.39 Å². The summed E-state index contributed by atoms with van der Waals surface area (Å²) in [6, 6.07) is 0. The molecule has 1 fully saturated rings. The van der Waals surface area contributed by atoms with Crippen molar-refractivity contribution in [2.24, 2.45) is 17.8 Å². The van der Waals surface area contributed by atoms with Gasteiger partial charge in [-0.05, 0) is 5.57 Å². The highest BCUT2D eigenvalue weighted by Gasteiger charge is 2.49. The molecule has 1 N–H and O–H groups in total. The van der Waals surface area contributed by atoms with Crippen molar-refractivity contribution in [3.63, 3.8) is 0 Å². The van der Waals surface area contributed by atoms with E-state index in [9.17, 15) is 14.0 Å². The monoisotopic (exact) mass is 267 g/mol. The van der Waals surface area contributed by atoms with Gasteiger partial charge >= 0.3 is 5.97 Å². The van der Waals surface area contributed by atoms with E-state index in [-0.39, 0.29) is 12.4 Å². The number of rotatable bonds is 2. The van der Waals surface area contributed by atoms with E-state index in [0.717, 1.165) is 5.57 Å². The van der Waals surface area contributed by atoms with Crippen molar-refractivity contribution in [1.82, 2.24) is 5.32 Å². The molecule has 5 nitrogen and oxygen atoms in total. The first kappa shape index (κ1) is 12.2. The number of hydrogen-bond donors (Lipinski definition) is 1. The maximum atomic E-state index is 14.1. The number of hydrogen-bond acceptors (Lipinski definition) is 4. The average molecular weight is 267 g/mol. The van der Waals surface area contributed by atoms with Crippen LogP contribution in [0.2, 0.25) is 0 Å². The third-order valence-electron chi connectivity index (χ3n) is 3.99. The smallest absolute Gasteiger partial charge is 0.318 e. The lowest BCUT2D eigenvalue weighted by molar-refractivity contribution is -0.150. The molecule has 102 valence electrons. The Labute approximate surface area is 109 Å². The van der Waals surface area contributed by atoms with Gasteiger partial charge in [0.15, 0.2) is 0 Å².